The van der Waals surface area contributed by atoms with Gasteiger partial charge in [0.1, 0.15) is 19.0 Å². The van der Waals surface area contributed by atoms with Crippen molar-refractivity contribution in [3.63, 3.8) is 0 Å². The molecule has 3 rings (SSSR count). The summed E-state index contributed by atoms with van der Waals surface area (Å²) in [5, 5.41) is 9.08. The van der Waals surface area contributed by atoms with Crippen LogP contribution in [-0.2, 0) is 10.2 Å². The lowest BCUT2D eigenvalue weighted by Crippen LogP contribution is -2.20. The molecule has 0 bridgehead atoms. The molecule has 1 aromatic rings. The third-order valence-corrected chi connectivity index (χ3v) is 3.77. The van der Waals surface area contributed by atoms with Gasteiger partial charge in [-0.3, -0.25) is 4.79 Å². The Kier molecular flexibility index (Phi) is 2.77. The Bertz CT molecular complexity index is 519. The molecule has 1 saturated carbocycles. The summed E-state index contributed by atoms with van der Waals surface area (Å²) in [6.07, 6.45) is 1.85. The van der Waals surface area contributed by atoms with Crippen molar-refractivity contribution in [2.75, 3.05) is 20.3 Å². The summed E-state index contributed by atoms with van der Waals surface area (Å²) in [4.78, 5) is 11.0. The van der Waals surface area contributed by atoms with Crippen molar-refractivity contribution in [1.82, 2.24) is 0 Å². The number of fused-ring (bicyclic) bond motifs is 1. The lowest BCUT2D eigenvalue weighted by atomic mass is 9.91. The minimum Gasteiger partial charge on any atom is -0.497 e. The largest absolute Gasteiger partial charge is 0.497 e. The monoisotopic (exact) mass is 264 g/mol. The average Bonchev–Trinajstić information content (AvgIpc) is 3.17. The number of aliphatic carboxylic acids is 1. The van der Waals surface area contributed by atoms with Crippen molar-refractivity contribution in [1.29, 1.82) is 0 Å². The summed E-state index contributed by atoms with van der Waals surface area (Å²) in [6, 6.07) is 3.66. The second-order valence-electron chi connectivity index (χ2n) is 5.05. The number of hydrogen-bond donors (Lipinski definition) is 1. The molecule has 0 spiro atoms. The van der Waals surface area contributed by atoms with Crippen molar-refractivity contribution in [2.24, 2.45) is 0 Å². The van der Waals surface area contributed by atoms with Crippen LogP contribution in [0.2, 0.25) is 0 Å². The first-order valence-corrected chi connectivity index (χ1v) is 6.34. The van der Waals surface area contributed by atoms with Gasteiger partial charge in [-0.25, -0.2) is 0 Å². The van der Waals surface area contributed by atoms with Gasteiger partial charge in [0.25, 0.3) is 0 Å². The highest BCUT2D eigenvalue weighted by atomic mass is 16.6. The van der Waals surface area contributed by atoms with E-state index in [0.717, 1.165) is 18.4 Å². The Hall–Kier alpha value is -1.91. The van der Waals surface area contributed by atoms with Crippen molar-refractivity contribution in [3.05, 3.63) is 17.7 Å². The third kappa shape index (κ3) is 2.09. The topological polar surface area (TPSA) is 65.0 Å². The number of hydrogen-bond acceptors (Lipinski definition) is 4. The lowest BCUT2D eigenvalue weighted by molar-refractivity contribution is -0.137. The summed E-state index contributed by atoms with van der Waals surface area (Å²) < 4.78 is 16.5. The molecule has 0 unspecified atom stereocenters. The van der Waals surface area contributed by atoms with Gasteiger partial charge in [0.05, 0.1) is 13.5 Å². The first-order chi connectivity index (χ1) is 9.14. The van der Waals surface area contributed by atoms with Crippen LogP contribution >= 0.6 is 0 Å². The maximum absolute atomic E-state index is 11.0. The van der Waals surface area contributed by atoms with Gasteiger partial charge < -0.3 is 19.3 Å². The highest BCUT2D eigenvalue weighted by Gasteiger charge is 2.49. The predicted octanol–water partition coefficient (Wildman–Crippen LogP) is 1.97. The molecule has 0 aromatic heterocycles. The van der Waals surface area contributed by atoms with Gasteiger partial charge in [0.15, 0.2) is 11.5 Å². The predicted molar refractivity (Wildman–Crippen MR) is 67.1 cm³/mol. The van der Waals surface area contributed by atoms with Gasteiger partial charge in [0.2, 0.25) is 0 Å². The normalized spacial score (nSPS) is 18.8. The highest BCUT2D eigenvalue weighted by Crippen LogP contribution is 2.57. The highest BCUT2D eigenvalue weighted by molar-refractivity contribution is 5.71. The molecular formula is C14H16O5. The first kappa shape index (κ1) is 12.1. The fourth-order valence-corrected chi connectivity index (χ4v) is 2.62. The number of benzene rings is 1. The molecule has 5 heteroatoms. The molecule has 1 heterocycles. The summed E-state index contributed by atoms with van der Waals surface area (Å²) in [6.45, 7) is 1.00. The molecular weight excluding hydrogens is 248 g/mol. The van der Waals surface area contributed by atoms with Gasteiger partial charge in [-0.15, -0.1) is 0 Å². The molecule has 0 atom stereocenters. The van der Waals surface area contributed by atoms with Crippen LogP contribution in [0, 0.1) is 0 Å². The lowest BCUT2D eigenvalue weighted by Gasteiger charge is -2.25. The Labute approximate surface area is 111 Å². The number of ether oxygens (including phenoxy) is 3. The summed E-state index contributed by atoms with van der Waals surface area (Å²) >= 11 is 0. The van der Waals surface area contributed by atoms with E-state index in [-0.39, 0.29) is 11.8 Å². The van der Waals surface area contributed by atoms with Crippen LogP contribution in [-0.4, -0.2) is 31.4 Å². The maximum atomic E-state index is 11.0. The zero-order chi connectivity index (χ0) is 13.5. The second kappa shape index (κ2) is 4.33. The molecule has 102 valence electrons. The van der Waals surface area contributed by atoms with Crippen molar-refractivity contribution in [3.8, 4) is 17.2 Å². The Morgan fingerprint density at radius 1 is 1.37 bits per heavy atom. The summed E-state index contributed by atoms with van der Waals surface area (Å²) in [5.41, 5.74) is 0.592. The van der Waals surface area contributed by atoms with Crippen LogP contribution in [0.5, 0.6) is 17.2 Å². The van der Waals surface area contributed by atoms with Gasteiger partial charge in [0, 0.05) is 17.0 Å². The van der Waals surface area contributed by atoms with E-state index in [1.807, 2.05) is 6.07 Å². The maximum Gasteiger partial charge on any atom is 0.304 e. The molecule has 0 amide bonds. The SMILES string of the molecule is COc1cc2c(c(C3(CC(=O)O)CC3)c1)OCCO2. The quantitative estimate of drug-likeness (QED) is 0.900. The fourth-order valence-electron chi connectivity index (χ4n) is 2.62. The summed E-state index contributed by atoms with van der Waals surface area (Å²) in [5.74, 6) is 1.23. The number of methoxy groups -OCH3 is 1. The average molecular weight is 264 g/mol. The number of carboxylic acid groups (broad SMARTS) is 1. The molecule has 1 N–H and O–H groups in total. The number of carbonyl (C=O) groups is 1. The molecule has 1 aliphatic heterocycles. The van der Waals surface area contributed by atoms with Crippen molar-refractivity contribution in [2.45, 2.75) is 24.7 Å². The second-order valence-corrected chi connectivity index (χ2v) is 5.05. The minimum atomic E-state index is -0.786. The third-order valence-electron chi connectivity index (χ3n) is 3.77. The van der Waals surface area contributed by atoms with Crippen LogP contribution in [0.25, 0.3) is 0 Å². The fraction of sp³-hybridized carbons (Fsp3) is 0.500. The molecule has 1 fully saturated rings. The van der Waals surface area contributed by atoms with Crippen LogP contribution in [0.1, 0.15) is 24.8 Å². The molecule has 0 radical (unpaired) electrons. The summed E-state index contributed by atoms with van der Waals surface area (Å²) in [7, 11) is 1.59. The van der Waals surface area contributed by atoms with Crippen LogP contribution in [0.3, 0.4) is 0 Å². The van der Waals surface area contributed by atoms with Gasteiger partial charge in [-0.1, -0.05) is 0 Å². The number of carboxylic acids is 1. The van der Waals surface area contributed by atoms with Crippen LogP contribution < -0.4 is 14.2 Å². The molecule has 1 aliphatic carbocycles. The van der Waals surface area contributed by atoms with E-state index in [4.69, 9.17) is 19.3 Å². The van der Waals surface area contributed by atoms with Gasteiger partial charge in [-0.05, 0) is 18.9 Å². The molecule has 19 heavy (non-hydrogen) atoms. The Morgan fingerprint density at radius 3 is 2.74 bits per heavy atom. The number of rotatable bonds is 4. The molecule has 0 saturated heterocycles. The first-order valence-electron chi connectivity index (χ1n) is 6.34. The minimum absolute atomic E-state index is 0.121. The van der Waals surface area contributed by atoms with E-state index in [9.17, 15) is 4.79 Å². The zero-order valence-corrected chi connectivity index (χ0v) is 10.8. The van der Waals surface area contributed by atoms with Crippen molar-refractivity contribution < 1.29 is 24.1 Å². The van der Waals surface area contributed by atoms with E-state index in [1.54, 1.807) is 13.2 Å². The molecule has 5 nitrogen and oxygen atoms in total. The Balaban J connectivity index is 2.06. The van der Waals surface area contributed by atoms with E-state index >= 15 is 0 Å². The van der Waals surface area contributed by atoms with E-state index in [0.29, 0.717) is 30.5 Å². The van der Waals surface area contributed by atoms with Crippen LogP contribution in [0.4, 0.5) is 0 Å². The zero-order valence-electron chi connectivity index (χ0n) is 10.8. The van der Waals surface area contributed by atoms with Gasteiger partial charge in [-0.2, -0.15) is 0 Å². The molecule has 2 aliphatic rings. The van der Waals surface area contributed by atoms with E-state index in [2.05, 4.69) is 0 Å². The van der Waals surface area contributed by atoms with Crippen LogP contribution in [0.15, 0.2) is 12.1 Å². The van der Waals surface area contributed by atoms with Gasteiger partial charge >= 0.3 is 5.97 Å². The standard InChI is InChI=1S/C14H16O5/c1-17-9-6-10(14(2-3-14)8-12(15)16)13-11(7-9)18-4-5-19-13/h6-7H,2-5,8H2,1H3,(H,15,16). The van der Waals surface area contributed by atoms with E-state index in [1.165, 1.54) is 0 Å². The smallest absolute Gasteiger partial charge is 0.304 e. The van der Waals surface area contributed by atoms with E-state index < -0.39 is 5.97 Å². The van der Waals surface area contributed by atoms with Crippen molar-refractivity contribution >= 4 is 5.97 Å². The Morgan fingerprint density at radius 2 is 2.11 bits per heavy atom. The molecule has 1 aromatic carbocycles.